The lowest BCUT2D eigenvalue weighted by Crippen LogP contribution is -2.23. The third-order valence-corrected chi connectivity index (χ3v) is 5.49. The average Bonchev–Trinajstić information content (AvgIpc) is 2.73. The number of nitrogens with zero attached hydrogens (tertiary/aromatic N) is 2. The summed E-state index contributed by atoms with van der Waals surface area (Å²) in [4.78, 5) is 29.7. The molecule has 9 heteroatoms. The van der Waals surface area contributed by atoms with Gasteiger partial charge < -0.3 is 14.8 Å². The Morgan fingerprint density at radius 3 is 2.62 bits per heavy atom. The number of methoxy groups -OCH3 is 2. The summed E-state index contributed by atoms with van der Waals surface area (Å²) in [7, 11) is 2.98. The van der Waals surface area contributed by atoms with Gasteiger partial charge in [0, 0.05) is 18.7 Å². The first-order valence-electron chi connectivity index (χ1n) is 8.82. The Morgan fingerprint density at radius 1 is 1.21 bits per heavy atom. The van der Waals surface area contributed by atoms with Crippen molar-refractivity contribution in [1.29, 1.82) is 0 Å². The quantitative estimate of drug-likeness (QED) is 0.450. The van der Waals surface area contributed by atoms with E-state index in [-0.39, 0.29) is 17.2 Å². The van der Waals surface area contributed by atoms with Gasteiger partial charge in [0.05, 0.1) is 41.6 Å². The van der Waals surface area contributed by atoms with E-state index in [9.17, 15) is 9.59 Å². The van der Waals surface area contributed by atoms with E-state index >= 15 is 0 Å². The molecule has 1 amide bonds. The Morgan fingerprint density at radius 2 is 1.93 bits per heavy atom. The number of halogens is 1. The molecule has 0 aliphatic carbocycles. The van der Waals surface area contributed by atoms with E-state index in [0.717, 1.165) is 0 Å². The maximum absolute atomic E-state index is 12.7. The topological polar surface area (TPSA) is 82.5 Å². The van der Waals surface area contributed by atoms with Crippen LogP contribution >= 0.6 is 23.4 Å². The van der Waals surface area contributed by atoms with E-state index in [2.05, 4.69) is 10.3 Å². The van der Waals surface area contributed by atoms with Crippen LogP contribution in [0.3, 0.4) is 0 Å². The molecule has 0 unspecified atom stereocenters. The summed E-state index contributed by atoms with van der Waals surface area (Å²) in [6, 6.07) is 10.3. The van der Waals surface area contributed by atoms with Gasteiger partial charge >= 0.3 is 0 Å². The van der Waals surface area contributed by atoms with Gasteiger partial charge in [0.15, 0.2) is 5.16 Å². The fourth-order valence-corrected chi connectivity index (χ4v) is 3.91. The van der Waals surface area contributed by atoms with Gasteiger partial charge in [-0.3, -0.25) is 14.2 Å². The van der Waals surface area contributed by atoms with E-state index in [0.29, 0.717) is 44.8 Å². The van der Waals surface area contributed by atoms with Crippen molar-refractivity contribution in [3.05, 3.63) is 51.8 Å². The third kappa shape index (κ3) is 4.49. The van der Waals surface area contributed by atoms with Crippen molar-refractivity contribution in [2.24, 2.45) is 0 Å². The summed E-state index contributed by atoms with van der Waals surface area (Å²) in [6.07, 6.45) is 0. The minimum Gasteiger partial charge on any atom is -0.495 e. The normalized spacial score (nSPS) is 10.8. The number of aromatic nitrogens is 2. The van der Waals surface area contributed by atoms with E-state index < -0.39 is 0 Å². The molecule has 3 rings (SSSR count). The minimum absolute atomic E-state index is 0.0683. The Kier molecular flexibility index (Phi) is 6.66. The van der Waals surface area contributed by atoms with Crippen LogP contribution in [0.2, 0.25) is 5.02 Å². The molecule has 2 aromatic carbocycles. The van der Waals surface area contributed by atoms with Crippen molar-refractivity contribution in [2.45, 2.75) is 18.6 Å². The zero-order valence-electron chi connectivity index (χ0n) is 16.2. The first kappa shape index (κ1) is 21.0. The molecule has 0 aliphatic heterocycles. The van der Waals surface area contributed by atoms with Crippen molar-refractivity contribution in [3.8, 4) is 11.5 Å². The number of fused-ring (bicyclic) bond motifs is 1. The highest BCUT2D eigenvalue weighted by molar-refractivity contribution is 7.99. The molecule has 1 N–H and O–H groups in total. The van der Waals surface area contributed by atoms with Gasteiger partial charge in [-0.05, 0) is 19.1 Å². The number of para-hydroxylation sites is 1. The highest BCUT2D eigenvalue weighted by Crippen LogP contribution is 2.36. The highest BCUT2D eigenvalue weighted by atomic mass is 35.5. The smallest absolute Gasteiger partial charge is 0.262 e. The number of carbonyl (C=O) groups is 1. The Bertz CT molecular complexity index is 1120. The SMILES string of the molecule is CCn1c(SCC(=O)Nc2cc(OC)c(Cl)cc2OC)nc2ccccc2c1=O. The van der Waals surface area contributed by atoms with Crippen LogP contribution in [0, 0.1) is 0 Å². The monoisotopic (exact) mass is 433 g/mol. The second-order valence-corrected chi connectivity index (χ2v) is 7.33. The van der Waals surface area contributed by atoms with E-state index in [4.69, 9.17) is 21.1 Å². The van der Waals surface area contributed by atoms with Crippen molar-refractivity contribution in [1.82, 2.24) is 9.55 Å². The second-order valence-electron chi connectivity index (χ2n) is 5.98. The number of rotatable bonds is 7. The van der Waals surface area contributed by atoms with Gasteiger partial charge in [-0.15, -0.1) is 0 Å². The minimum atomic E-state index is -0.275. The van der Waals surface area contributed by atoms with Gasteiger partial charge in [0.2, 0.25) is 5.91 Å². The summed E-state index contributed by atoms with van der Waals surface area (Å²) in [5.41, 5.74) is 0.929. The largest absolute Gasteiger partial charge is 0.495 e. The predicted molar refractivity (Wildman–Crippen MR) is 116 cm³/mol. The summed E-state index contributed by atoms with van der Waals surface area (Å²) in [6.45, 7) is 2.33. The molecule has 0 fully saturated rings. The number of benzene rings is 2. The molecular formula is C20H20ClN3O4S. The Hall–Kier alpha value is -2.71. The van der Waals surface area contributed by atoms with Crippen LogP contribution in [0.1, 0.15) is 6.92 Å². The first-order valence-corrected chi connectivity index (χ1v) is 10.2. The number of nitrogens with one attached hydrogen (secondary N) is 1. The molecular weight excluding hydrogens is 414 g/mol. The maximum atomic E-state index is 12.7. The predicted octanol–water partition coefficient (Wildman–Crippen LogP) is 3.82. The number of carbonyl (C=O) groups excluding carboxylic acids is 1. The van der Waals surface area contributed by atoms with Crippen molar-refractivity contribution >= 4 is 45.9 Å². The number of ether oxygens (including phenoxy) is 2. The second kappa shape index (κ2) is 9.19. The zero-order valence-corrected chi connectivity index (χ0v) is 17.8. The highest BCUT2D eigenvalue weighted by Gasteiger charge is 2.15. The molecule has 0 saturated heterocycles. The van der Waals surface area contributed by atoms with Crippen LogP contribution in [0.15, 0.2) is 46.3 Å². The zero-order chi connectivity index (χ0) is 21.0. The molecule has 0 radical (unpaired) electrons. The molecule has 1 heterocycles. The summed E-state index contributed by atoms with van der Waals surface area (Å²) in [5, 5.41) is 4.21. The third-order valence-electron chi connectivity index (χ3n) is 4.22. The molecule has 152 valence electrons. The van der Waals surface area contributed by atoms with Crippen LogP contribution in [0.25, 0.3) is 10.9 Å². The average molecular weight is 434 g/mol. The van der Waals surface area contributed by atoms with Crippen LogP contribution in [0.5, 0.6) is 11.5 Å². The van der Waals surface area contributed by atoms with Gasteiger partial charge in [-0.1, -0.05) is 35.5 Å². The molecule has 1 aromatic heterocycles. The Balaban J connectivity index is 1.80. The number of hydrogen-bond donors (Lipinski definition) is 1. The fourth-order valence-electron chi connectivity index (χ4n) is 2.81. The molecule has 0 bridgehead atoms. The van der Waals surface area contributed by atoms with Crippen LogP contribution in [-0.2, 0) is 11.3 Å². The molecule has 0 atom stereocenters. The number of thioether (sulfide) groups is 1. The molecule has 3 aromatic rings. The van der Waals surface area contributed by atoms with Gasteiger partial charge in [0.1, 0.15) is 11.5 Å². The summed E-state index contributed by atoms with van der Waals surface area (Å²) in [5.74, 6) is 0.636. The van der Waals surface area contributed by atoms with Crippen LogP contribution in [-0.4, -0.2) is 35.4 Å². The number of anilines is 1. The Labute approximate surface area is 177 Å². The maximum Gasteiger partial charge on any atom is 0.262 e. The van der Waals surface area contributed by atoms with E-state index in [1.807, 2.05) is 13.0 Å². The van der Waals surface area contributed by atoms with Gasteiger partial charge in [-0.25, -0.2) is 4.98 Å². The van der Waals surface area contributed by atoms with Crippen molar-refractivity contribution in [2.75, 3.05) is 25.3 Å². The van der Waals surface area contributed by atoms with E-state index in [1.54, 1.807) is 34.9 Å². The van der Waals surface area contributed by atoms with E-state index in [1.165, 1.54) is 26.0 Å². The lowest BCUT2D eigenvalue weighted by Gasteiger charge is -2.14. The molecule has 7 nitrogen and oxygen atoms in total. The standard InChI is InChI=1S/C20H20ClN3O4S/c1-4-24-19(26)12-7-5-6-8-14(12)23-20(24)29-11-18(25)22-15-10-16(27-2)13(21)9-17(15)28-3/h5-10H,4,11H2,1-3H3,(H,22,25). The summed E-state index contributed by atoms with van der Waals surface area (Å²) < 4.78 is 12.0. The molecule has 0 saturated carbocycles. The van der Waals surface area contributed by atoms with Crippen LogP contribution < -0.4 is 20.3 Å². The lowest BCUT2D eigenvalue weighted by molar-refractivity contribution is -0.113. The van der Waals surface area contributed by atoms with Gasteiger partial charge in [-0.2, -0.15) is 0 Å². The van der Waals surface area contributed by atoms with Crippen molar-refractivity contribution in [3.63, 3.8) is 0 Å². The fraction of sp³-hybridized carbons (Fsp3) is 0.250. The van der Waals surface area contributed by atoms with Crippen LogP contribution in [0.4, 0.5) is 5.69 Å². The lowest BCUT2D eigenvalue weighted by atomic mass is 10.2. The number of hydrogen-bond acceptors (Lipinski definition) is 6. The van der Waals surface area contributed by atoms with Crippen molar-refractivity contribution < 1.29 is 14.3 Å². The van der Waals surface area contributed by atoms with Gasteiger partial charge in [0.25, 0.3) is 5.56 Å². The molecule has 0 spiro atoms. The number of amides is 1. The first-order chi connectivity index (χ1) is 14.0. The summed E-state index contributed by atoms with van der Waals surface area (Å²) >= 11 is 7.29. The molecule has 29 heavy (non-hydrogen) atoms. The molecule has 0 aliphatic rings.